The molecule has 0 aromatic heterocycles. The first-order valence-electron chi connectivity index (χ1n) is 5.57. The molecule has 0 aliphatic carbocycles. The zero-order chi connectivity index (χ0) is 13.8. The van der Waals surface area contributed by atoms with Gasteiger partial charge in [0.15, 0.2) is 0 Å². The van der Waals surface area contributed by atoms with Gasteiger partial charge in [0.2, 0.25) is 0 Å². The van der Waals surface area contributed by atoms with E-state index in [9.17, 15) is 4.79 Å². The third kappa shape index (κ3) is 3.63. The summed E-state index contributed by atoms with van der Waals surface area (Å²) in [7, 11) is 0. The van der Waals surface area contributed by atoms with E-state index in [-0.39, 0.29) is 5.56 Å². The zero-order valence-electron chi connectivity index (χ0n) is 9.86. The highest BCUT2D eigenvalue weighted by Gasteiger charge is 2.10. The quantitative estimate of drug-likeness (QED) is 0.884. The molecule has 2 rings (SSSR count). The standard InChI is InChI=1S/C14H11Cl2NO2/c15-10-3-1-9(2-4-10)8-17-13-6-5-11(16)7-12(13)14(18)19/h1-7,17H,8H2,(H,18,19). The van der Waals surface area contributed by atoms with Gasteiger partial charge in [-0.15, -0.1) is 0 Å². The van der Waals surface area contributed by atoms with E-state index in [1.54, 1.807) is 24.3 Å². The van der Waals surface area contributed by atoms with Crippen molar-refractivity contribution in [1.29, 1.82) is 0 Å². The maximum Gasteiger partial charge on any atom is 0.337 e. The second-order valence-electron chi connectivity index (χ2n) is 3.98. The monoisotopic (exact) mass is 295 g/mol. The molecule has 0 spiro atoms. The molecule has 2 N–H and O–H groups in total. The van der Waals surface area contributed by atoms with Gasteiger partial charge in [-0.05, 0) is 35.9 Å². The Balaban J connectivity index is 2.15. The summed E-state index contributed by atoms with van der Waals surface area (Å²) in [6.45, 7) is 0.513. The molecule has 2 aromatic carbocycles. The number of hydrogen-bond acceptors (Lipinski definition) is 2. The Morgan fingerprint density at radius 2 is 1.68 bits per heavy atom. The fraction of sp³-hybridized carbons (Fsp3) is 0.0714. The van der Waals surface area contributed by atoms with Crippen LogP contribution in [-0.4, -0.2) is 11.1 Å². The predicted octanol–water partition coefficient (Wildman–Crippen LogP) is 4.30. The molecule has 0 saturated heterocycles. The van der Waals surface area contributed by atoms with Crippen LogP contribution in [0.5, 0.6) is 0 Å². The SMILES string of the molecule is O=C(O)c1cc(Cl)ccc1NCc1ccc(Cl)cc1. The van der Waals surface area contributed by atoms with Crippen molar-refractivity contribution in [3.8, 4) is 0 Å². The smallest absolute Gasteiger partial charge is 0.337 e. The van der Waals surface area contributed by atoms with Gasteiger partial charge in [-0.3, -0.25) is 0 Å². The van der Waals surface area contributed by atoms with E-state index in [0.717, 1.165) is 5.56 Å². The molecule has 0 aliphatic rings. The van der Waals surface area contributed by atoms with Gasteiger partial charge in [-0.25, -0.2) is 4.79 Å². The largest absolute Gasteiger partial charge is 0.478 e. The molecule has 0 amide bonds. The fourth-order valence-electron chi connectivity index (χ4n) is 1.65. The summed E-state index contributed by atoms with van der Waals surface area (Å²) < 4.78 is 0. The Labute approximate surface area is 120 Å². The highest BCUT2D eigenvalue weighted by Crippen LogP contribution is 2.21. The number of rotatable bonds is 4. The summed E-state index contributed by atoms with van der Waals surface area (Å²) in [4.78, 5) is 11.1. The van der Waals surface area contributed by atoms with Gasteiger partial charge in [-0.2, -0.15) is 0 Å². The van der Waals surface area contributed by atoms with Crippen LogP contribution in [-0.2, 0) is 6.54 Å². The molecule has 19 heavy (non-hydrogen) atoms. The minimum absolute atomic E-state index is 0.154. The van der Waals surface area contributed by atoms with E-state index >= 15 is 0 Å². The number of aromatic carboxylic acids is 1. The first-order chi connectivity index (χ1) is 9.06. The normalized spacial score (nSPS) is 10.2. The Hall–Kier alpha value is -1.71. The topological polar surface area (TPSA) is 49.3 Å². The maximum absolute atomic E-state index is 11.1. The molecule has 0 aliphatic heterocycles. The van der Waals surface area contributed by atoms with Crippen LogP contribution in [0.25, 0.3) is 0 Å². The third-order valence-electron chi connectivity index (χ3n) is 2.61. The molecule has 0 radical (unpaired) electrons. The predicted molar refractivity (Wildman–Crippen MR) is 77.2 cm³/mol. The van der Waals surface area contributed by atoms with Crippen molar-refractivity contribution in [3.63, 3.8) is 0 Å². The summed E-state index contributed by atoms with van der Waals surface area (Å²) in [6, 6.07) is 12.1. The van der Waals surface area contributed by atoms with Crippen LogP contribution in [0.15, 0.2) is 42.5 Å². The molecule has 3 nitrogen and oxygen atoms in total. The average Bonchev–Trinajstić information content (AvgIpc) is 2.39. The van der Waals surface area contributed by atoms with E-state index in [0.29, 0.717) is 22.3 Å². The van der Waals surface area contributed by atoms with Crippen LogP contribution in [0.1, 0.15) is 15.9 Å². The number of anilines is 1. The lowest BCUT2D eigenvalue weighted by Crippen LogP contribution is -2.06. The number of carbonyl (C=O) groups is 1. The minimum atomic E-state index is -1.01. The van der Waals surface area contributed by atoms with Crippen molar-refractivity contribution in [1.82, 2.24) is 0 Å². The highest BCUT2D eigenvalue weighted by molar-refractivity contribution is 6.31. The molecule has 0 bridgehead atoms. The molecular weight excluding hydrogens is 285 g/mol. The van der Waals surface area contributed by atoms with Gasteiger partial charge in [0.25, 0.3) is 0 Å². The first kappa shape index (κ1) is 13.7. The molecule has 0 heterocycles. The fourth-order valence-corrected chi connectivity index (χ4v) is 1.95. The Morgan fingerprint density at radius 1 is 1.05 bits per heavy atom. The van der Waals surface area contributed by atoms with Gasteiger partial charge < -0.3 is 10.4 Å². The van der Waals surface area contributed by atoms with Crippen molar-refractivity contribution >= 4 is 34.9 Å². The Bertz CT molecular complexity index is 597. The highest BCUT2D eigenvalue weighted by atomic mass is 35.5. The molecule has 2 aromatic rings. The van der Waals surface area contributed by atoms with Gasteiger partial charge in [-0.1, -0.05) is 35.3 Å². The Morgan fingerprint density at radius 3 is 2.32 bits per heavy atom. The van der Waals surface area contributed by atoms with Gasteiger partial charge in [0, 0.05) is 22.3 Å². The number of halogens is 2. The van der Waals surface area contributed by atoms with Crippen molar-refractivity contribution in [3.05, 3.63) is 63.6 Å². The number of carboxylic acids is 1. The number of hydrogen-bond donors (Lipinski definition) is 2. The Kier molecular flexibility index (Phi) is 4.30. The molecular formula is C14H11Cl2NO2. The first-order valence-corrected chi connectivity index (χ1v) is 6.33. The van der Waals surface area contributed by atoms with Crippen molar-refractivity contribution in [2.75, 3.05) is 5.32 Å². The second kappa shape index (κ2) is 5.95. The van der Waals surface area contributed by atoms with Crippen LogP contribution in [0, 0.1) is 0 Å². The van der Waals surface area contributed by atoms with Gasteiger partial charge >= 0.3 is 5.97 Å². The lowest BCUT2D eigenvalue weighted by atomic mass is 10.1. The summed E-state index contributed by atoms with van der Waals surface area (Å²) in [5.41, 5.74) is 1.70. The van der Waals surface area contributed by atoms with Crippen LogP contribution in [0.2, 0.25) is 10.0 Å². The number of nitrogens with one attached hydrogen (secondary N) is 1. The third-order valence-corrected chi connectivity index (χ3v) is 3.10. The molecule has 0 fully saturated rings. The van der Waals surface area contributed by atoms with Crippen LogP contribution in [0.4, 0.5) is 5.69 Å². The zero-order valence-corrected chi connectivity index (χ0v) is 11.4. The summed E-state index contributed by atoms with van der Waals surface area (Å²) in [5, 5.41) is 13.2. The van der Waals surface area contributed by atoms with Crippen molar-refractivity contribution in [2.45, 2.75) is 6.54 Å². The van der Waals surface area contributed by atoms with Crippen LogP contribution < -0.4 is 5.32 Å². The van der Waals surface area contributed by atoms with Crippen molar-refractivity contribution in [2.24, 2.45) is 0 Å². The van der Waals surface area contributed by atoms with E-state index in [4.69, 9.17) is 28.3 Å². The molecule has 98 valence electrons. The molecule has 0 atom stereocenters. The summed E-state index contributed by atoms with van der Waals surface area (Å²) >= 11 is 11.6. The number of benzene rings is 2. The lowest BCUT2D eigenvalue weighted by molar-refractivity contribution is 0.0698. The van der Waals surface area contributed by atoms with E-state index < -0.39 is 5.97 Å². The number of carboxylic acid groups (broad SMARTS) is 1. The van der Waals surface area contributed by atoms with Crippen LogP contribution in [0.3, 0.4) is 0 Å². The molecule has 0 saturated carbocycles. The van der Waals surface area contributed by atoms with E-state index in [2.05, 4.69) is 5.32 Å². The summed E-state index contributed by atoms with van der Waals surface area (Å²) in [5.74, 6) is -1.01. The molecule has 0 unspecified atom stereocenters. The molecule has 5 heteroatoms. The van der Waals surface area contributed by atoms with E-state index in [1.807, 2.05) is 12.1 Å². The van der Waals surface area contributed by atoms with Gasteiger partial charge in [0.05, 0.1) is 5.56 Å². The lowest BCUT2D eigenvalue weighted by Gasteiger charge is -2.10. The van der Waals surface area contributed by atoms with E-state index in [1.165, 1.54) is 6.07 Å². The average molecular weight is 296 g/mol. The van der Waals surface area contributed by atoms with Crippen LogP contribution >= 0.6 is 23.2 Å². The second-order valence-corrected chi connectivity index (χ2v) is 4.85. The summed E-state index contributed by atoms with van der Waals surface area (Å²) in [6.07, 6.45) is 0. The van der Waals surface area contributed by atoms with Gasteiger partial charge in [0.1, 0.15) is 0 Å². The minimum Gasteiger partial charge on any atom is -0.478 e. The maximum atomic E-state index is 11.1. The van der Waals surface area contributed by atoms with Crippen molar-refractivity contribution < 1.29 is 9.90 Å².